The maximum atomic E-state index is 13.0. The van der Waals surface area contributed by atoms with Gasteiger partial charge in [0.25, 0.3) is 0 Å². The number of amides is 1. The van der Waals surface area contributed by atoms with Crippen LogP contribution in [0, 0.1) is 17.8 Å². The van der Waals surface area contributed by atoms with E-state index in [1.165, 1.54) is 4.90 Å². The molecule has 0 aromatic rings. The van der Waals surface area contributed by atoms with Gasteiger partial charge in [-0.15, -0.1) is 0 Å². The van der Waals surface area contributed by atoms with Crippen LogP contribution in [0.2, 0.25) is 0 Å². The number of piperidine rings is 1. The quantitative estimate of drug-likeness (QED) is 0.853. The number of carbonyl (C=O) groups is 2. The number of hydrogen-bond acceptors (Lipinski definition) is 2. The number of alkyl halides is 3. The molecule has 0 aromatic heterocycles. The van der Waals surface area contributed by atoms with E-state index in [1.807, 2.05) is 0 Å². The first-order valence-electron chi connectivity index (χ1n) is 7.39. The van der Waals surface area contributed by atoms with Crippen LogP contribution in [-0.4, -0.2) is 41.1 Å². The highest BCUT2D eigenvalue weighted by Gasteiger charge is 2.49. The number of likely N-dealkylation sites (tertiary alicyclic amines) is 1. The zero-order chi connectivity index (χ0) is 15.6. The molecule has 0 aromatic carbocycles. The molecular weight excluding hydrogens is 287 g/mol. The second-order valence-electron chi connectivity index (χ2n) is 5.98. The van der Waals surface area contributed by atoms with E-state index in [0.29, 0.717) is 25.7 Å². The lowest BCUT2D eigenvalue weighted by molar-refractivity contribution is -0.201. The van der Waals surface area contributed by atoms with Crippen LogP contribution in [0.1, 0.15) is 38.5 Å². The Balaban J connectivity index is 2.00. The van der Waals surface area contributed by atoms with Crippen molar-refractivity contribution in [2.45, 2.75) is 44.7 Å². The number of hydrogen-bond donors (Lipinski definition) is 1. The van der Waals surface area contributed by atoms with Crippen molar-refractivity contribution in [2.75, 3.05) is 13.1 Å². The molecule has 0 unspecified atom stereocenters. The maximum Gasteiger partial charge on any atom is 0.392 e. The molecular formula is C14H20F3NO3. The molecule has 0 bridgehead atoms. The lowest BCUT2D eigenvalue weighted by Gasteiger charge is -2.38. The van der Waals surface area contributed by atoms with Crippen molar-refractivity contribution in [2.24, 2.45) is 17.8 Å². The monoisotopic (exact) mass is 307 g/mol. The van der Waals surface area contributed by atoms with E-state index in [-0.39, 0.29) is 25.9 Å². The van der Waals surface area contributed by atoms with Gasteiger partial charge >= 0.3 is 12.1 Å². The lowest BCUT2D eigenvalue weighted by Crippen LogP contribution is -2.47. The van der Waals surface area contributed by atoms with Gasteiger partial charge in [-0.3, -0.25) is 9.59 Å². The smallest absolute Gasteiger partial charge is 0.392 e. The Morgan fingerprint density at radius 2 is 1.57 bits per heavy atom. The van der Waals surface area contributed by atoms with Gasteiger partial charge in [0.15, 0.2) is 0 Å². The van der Waals surface area contributed by atoms with Crippen LogP contribution >= 0.6 is 0 Å². The summed E-state index contributed by atoms with van der Waals surface area (Å²) in [6.45, 7) is 0.494. The third-order valence-corrected chi connectivity index (χ3v) is 4.66. The Morgan fingerprint density at radius 1 is 1.00 bits per heavy atom. The van der Waals surface area contributed by atoms with Gasteiger partial charge in [0.2, 0.25) is 5.91 Å². The predicted molar refractivity (Wildman–Crippen MR) is 68.4 cm³/mol. The van der Waals surface area contributed by atoms with Gasteiger partial charge in [-0.05, 0) is 25.7 Å². The summed E-state index contributed by atoms with van der Waals surface area (Å²) in [5.74, 6) is -4.36. The second-order valence-corrected chi connectivity index (χ2v) is 5.98. The number of nitrogens with zero attached hydrogens (tertiary/aromatic N) is 1. The molecule has 120 valence electrons. The summed E-state index contributed by atoms with van der Waals surface area (Å²) in [5.41, 5.74) is 0. The number of halogens is 3. The van der Waals surface area contributed by atoms with Crippen LogP contribution in [0.5, 0.6) is 0 Å². The Hall–Kier alpha value is -1.27. The van der Waals surface area contributed by atoms with Crippen molar-refractivity contribution in [3.63, 3.8) is 0 Å². The summed E-state index contributed by atoms with van der Waals surface area (Å²) in [7, 11) is 0. The van der Waals surface area contributed by atoms with Crippen molar-refractivity contribution in [3.8, 4) is 0 Å². The fourth-order valence-corrected chi connectivity index (χ4v) is 3.40. The Bertz CT molecular complexity index is 403. The average molecular weight is 307 g/mol. The van der Waals surface area contributed by atoms with Crippen molar-refractivity contribution >= 4 is 11.9 Å². The van der Waals surface area contributed by atoms with E-state index in [2.05, 4.69) is 0 Å². The molecule has 2 atom stereocenters. The van der Waals surface area contributed by atoms with Gasteiger partial charge in [0.1, 0.15) is 0 Å². The molecule has 4 nitrogen and oxygen atoms in total. The average Bonchev–Trinajstić information content (AvgIpc) is 2.45. The predicted octanol–water partition coefficient (Wildman–Crippen LogP) is 2.68. The number of aliphatic carboxylic acids is 1. The van der Waals surface area contributed by atoms with Crippen LogP contribution in [0.15, 0.2) is 0 Å². The molecule has 0 spiro atoms. The van der Waals surface area contributed by atoms with Crippen molar-refractivity contribution in [3.05, 3.63) is 0 Å². The largest absolute Gasteiger partial charge is 0.481 e. The second kappa shape index (κ2) is 6.23. The molecule has 2 aliphatic rings. The molecule has 1 N–H and O–H groups in total. The highest BCUT2D eigenvalue weighted by molar-refractivity contribution is 5.80. The minimum atomic E-state index is -4.33. The van der Waals surface area contributed by atoms with Gasteiger partial charge < -0.3 is 10.0 Å². The highest BCUT2D eigenvalue weighted by Crippen LogP contribution is 2.42. The van der Waals surface area contributed by atoms with E-state index in [4.69, 9.17) is 5.11 Å². The molecule has 1 heterocycles. The van der Waals surface area contributed by atoms with Crippen LogP contribution in [-0.2, 0) is 9.59 Å². The van der Waals surface area contributed by atoms with Crippen LogP contribution in [0.3, 0.4) is 0 Å². The third kappa shape index (κ3) is 3.68. The fraction of sp³-hybridized carbons (Fsp3) is 0.857. The van der Waals surface area contributed by atoms with Gasteiger partial charge in [-0.1, -0.05) is 12.8 Å². The summed E-state index contributed by atoms with van der Waals surface area (Å²) in [6, 6.07) is 0. The summed E-state index contributed by atoms with van der Waals surface area (Å²) < 4.78 is 39.1. The molecule has 1 aliphatic carbocycles. The molecule has 2 fully saturated rings. The Kier molecular flexibility index (Phi) is 4.78. The number of carbonyl (C=O) groups excluding carboxylic acids is 1. The molecule has 1 saturated carbocycles. The normalized spacial score (nSPS) is 28.4. The van der Waals surface area contributed by atoms with Gasteiger partial charge in [0.05, 0.1) is 11.8 Å². The van der Waals surface area contributed by atoms with Crippen LogP contribution in [0.25, 0.3) is 0 Å². The van der Waals surface area contributed by atoms with Gasteiger partial charge in [-0.2, -0.15) is 13.2 Å². The summed E-state index contributed by atoms with van der Waals surface area (Å²) in [6.07, 6.45) is -2.23. The number of carboxylic acids is 1. The minimum Gasteiger partial charge on any atom is -0.481 e. The fourth-order valence-electron chi connectivity index (χ4n) is 3.40. The molecule has 1 aliphatic heterocycles. The Labute approximate surface area is 121 Å². The summed E-state index contributed by atoms with van der Waals surface area (Å²) in [5, 5.41) is 8.91. The third-order valence-electron chi connectivity index (χ3n) is 4.66. The van der Waals surface area contributed by atoms with E-state index < -0.39 is 35.8 Å². The van der Waals surface area contributed by atoms with Gasteiger partial charge in [-0.25, -0.2) is 0 Å². The lowest BCUT2D eigenvalue weighted by atomic mass is 9.77. The van der Waals surface area contributed by atoms with Gasteiger partial charge in [0, 0.05) is 19.0 Å². The zero-order valence-corrected chi connectivity index (χ0v) is 11.7. The number of carboxylic acid groups (broad SMARTS) is 1. The molecule has 7 heteroatoms. The van der Waals surface area contributed by atoms with E-state index >= 15 is 0 Å². The molecule has 21 heavy (non-hydrogen) atoms. The summed E-state index contributed by atoms with van der Waals surface area (Å²) >= 11 is 0. The van der Waals surface area contributed by atoms with Crippen molar-refractivity contribution in [1.82, 2.24) is 4.90 Å². The zero-order valence-electron chi connectivity index (χ0n) is 11.7. The Morgan fingerprint density at radius 3 is 2.10 bits per heavy atom. The first-order valence-corrected chi connectivity index (χ1v) is 7.39. The van der Waals surface area contributed by atoms with E-state index in [9.17, 15) is 22.8 Å². The SMILES string of the molecule is O=C(O)C1CCN(C(=O)[C@H]2CCCC[C@@H]2C(F)(F)F)CC1. The van der Waals surface area contributed by atoms with Crippen LogP contribution < -0.4 is 0 Å². The van der Waals surface area contributed by atoms with Crippen molar-refractivity contribution in [1.29, 1.82) is 0 Å². The minimum absolute atomic E-state index is 0.0193. The number of rotatable bonds is 2. The first-order chi connectivity index (χ1) is 9.80. The maximum absolute atomic E-state index is 13.0. The highest BCUT2D eigenvalue weighted by atomic mass is 19.4. The molecule has 0 radical (unpaired) electrons. The summed E-state index contributed by atoms with van der Waals surface area (Å²) in [4.78, 5) is 24.7. The molecule has 1 amide bonds. The first kappa shape index (κ1) is 16.1. The standard InChI is InChI=1S/C14H20F3NO3/c15-14(16,17)11-4-2-1-3-10(11)12(19)18-7-5-9(6-8-18)13(20)21/h9-11H,1-8H2,(H,20,21)/t10-,11-/m0/s1. The van der Waals surface area contributed by atoms with E-state index in [0.717, 1.165) is 0 Å². The van der Waals surface area contributed by atoms with Crippen molar-refractivity contribution < 1.29 is 27.9 Å². The molecule has 1 saturated heterocycles. The topological polar surface area (TPSA) is 57.6 Å². The molecule has 2 rings (SSSR count). The van der Waals surface area contributed by atoms with Crippen LogP contribution in [0.4, 0.5) is 13.2 Å². The van der Waals surface area contributed by atoms with E-state index in [1.54, 1.807) is 0 Å².